The number of aryl methyl sites for hydroxylation is 1. The van der Waals surface area contributed by atoms with Crippen molar-refractivity contribution in [3.8, 4) is 0 Å². The molecule has 0 amide bonds. The molecule has 1 atom stereocenters. The molecule has 1 aliphatic carbocycles. The summed E-state index contributed by atoms with van der Waals surface area (Å²) in [6, 6.07) is 4.03. The third-order valence-corrected chi connectivity index (χ3v) is 3.96. The van der Waals surface area contributed by atoms with E-state index in [-0.39, 0.29) is 6.10 Å². The molecular formula is C15H23NO. The van der Waals surface area contributed by atoms with E-state index in [1.165, 1.54) is 44.1 Å². The molecule has 0 radical (unpaired) electrons. The number of aliphatic hydroxyl groups is 1. The molecule has 17 heavy (non-hydrogen) atoms. The average Bonchev–Trinajstić information content (AvgIpc) is 2.61. The second-order valence-electron chi connectivity index (χ2n) is 5.29. The van der Waals surface area contributed by atoms with Gasteiger partial charge in [-0.25, -0.2) is 0 Å². The highest BCUT2D eigenvalue weighted by molar-refractivity contribution is 5.18. The quantitative estimate of drug-likeness (QED) is 0.813. The first-order valence-electron chi connectivity index (χ1n) is 6.86. The molecule has 2 rings (SSSR count). The normalized spacial score (nSPS) is 19.9. The molecule has 1 saturated carbocycles. The van der Waals surface area contributed by atoms with Crippen LogP contribution in [0.3, 0.4) is 0 Å². The van der Waals surface area contributed by atoms with E-state index >= 15 is 0 Å². The van der Waals surface area contributed by atoms with Crippen molar-refractivity contribution in [1.29, 1.82) is 0 Å². The minimum absolute atomic E-state index is 0.207. The molecule has 1 aromatic rings. The summed E-state index contributed by atoms with van der Waals surface area (Å²) in [6.45, 7) is 2.07. The molecule has 1 N–H and O–H groups in total. The van der Waals surface area contributed by atoms with Gasteiger partial charge in [-0.3, -0.25) is 4.98 Å². The van der Waals surface area contributed by atoms with Gasteiger partial charge in [-0.05, 0) is 37.3 Å². The van der Waals surface area contributed by atoms with E-state index in [1.807, 2.05) is 12.3 Å². The number of hydrogen-bond donors (Lipinski definition) is 1. The van der Waals surface area contributed by atoms with E-state index in [4.69, 9.17) is 0 Å². The molecular weight excluding hydrogens is 210 g/mol. The maximum absolute atomic E-state index is 10.3. The van der Waals surface area contributed by atoms with Crippen LogP contribution in [-0.2, 0) is 6.42 Å². The van der Waals surface area contributed by atoms with E-state index < -0.39 is 0 Å². The van der Waals surface area contributed by atoms with Crippen LogP contribution in [-0.4, -0.2) is 16.2 Å². The lowest BCUT2D eigenvalue weighted by Crippen LogP contribution is -2.23. The summed E-state index contributed by atoms with van der Waals surface area (Å²) in [5.41, 5.74) is 2.25. The Hall–Kier alpha value is -0.890. The smallest absolute Gasteiger partial charge is 0.0623 e. The highest BCUT2D eigenvalue weighted by Crippen LogP contribution is 2.27. The van der Waals surface area contributed by atoms with Gasteiger partial charge in [0.1, 0.15) is 0 Å². The van der Waals surface area contributed by atoms with Crippen LogP contribution in [0, 0.1) is 12.8 Å². The molecule has 0 aliphatic heterocycles. The number of rotatable bonds is 3. The molecule has 1 aliphatic rings. The molecule has 1 fully saturated rings. The summed E-state index contributed by atoms with van der Waals surface area (Å²) in [6.07, 6.45) is 9.95. The van der Waals surface area contributed by atoms with Crippen LogP contribution < -0.4 is 0 Å². The number of aromatic nitrogens is 1. The van der Waals surface area contributed by atoms with Crippen molar-refractivity contribution < 1.29 is 5.11 Å². The minimum atomic E-state index is -0.207. The zero-order valence-electron chi connectivity index (χ0n) is 10.7. The lowest BCUT2D eigenvalue weighted by molar-refractivity contribution is 0.0975. The standard InChI is InChI=1S/C15H23NO/c1-12-7-6-10-16-14(12)11-15(17)13-8-4-2-3-5-9-13/h6-7,10,13,15,17H,2-5,8-9,11H2,1H3. The molecule has 0 saturated heterocycles. The Morgan fingerprint density at radius 1 is 1.29 bits per heavy atom. The molecule has 94 valence electrons. The van der Waals surface area contributed by atoms with E-state index in [0.717, 1.165) is 12.1 Å². The zero-order chi connectivity index (χ0) is 12.1. The van der Waals surface area contributed by atoms with Gasteiger partial charge in [0.15, 0.2) is 0 Å². The van der Waals surface area contributed by atoms with Gasteiger partial charge in [0.05, 0.1) is 6.10 Å². The average molecular weight is 233 g/mol. The van der Waals surface area contributed by atoms with Gasteiger partial charge in [-0.2, -0.15) is 0 Å². The topological polar surface area (TPSA) is 33.1 Å². The maximum Gasteiger partial charge on any atom is 0.0623 e. The van der Waals surface area contributed by atoms with E-state index in [1.54, 1.807) is 0 Å². The number of nitrogens with zero attached hydrogens (tertiary/aromatic N) is 1. The molecule has 2 heteroatoms. The zero-order valence-corrected chi connectivity index (χ0v) is 10.7. The van der Waals surface area contributed by atoms with Gasteiger partial charge in [-0.15, -0.1) is 0 Å². The lowest BCUT2D eigenvalue weighted by Gasteiger charge is -2.21. The first-order valence-corrected chi connectivity index (χ1v) is 6.86. The Balaban J connectivity index is 1.95. The first kappa shape index (κ1) is 12.6. The monoisotopic (exact) mass is 233 g/mol. The minimum Gasteiger partial charge on any atom is -0.392 e. The summed E-state index contributed by atoms with van der Waals surface area (Å²) in [4.78, 5) is 4.38. The number of pyridine rings is 1. The fraction of sp³-hybridized carbons (Fsp3) is 0.667. The van der Waals surface area contributed by atoms with Gasteiger partial charge in [-0.1, -0.05) is 31.7 Å². The predicted octanol–water partition coefficient (Wildman–Crippen LogP) is 3.26. The molecule has 0 spiro atoms. The fourth-order valence-corrected chi connectivity index (χ4v) is 2.79. The van der Waals surface area contributed by atoms with Crippen LogP contribution in [0.25, 0.3) is 0 Å². The van der Waals surface area contributed by atoms with Crippen LogP contribution in [0.4, 0.5) is 0 Å². The Labute approximate surface area is 104 Å². The van der Waals surface area contributed by atoms with Crippen LogP contribution in [0.15, 0.2) is 18.3 Å². The van der Waals surface area contributed by atoms with Gasteiger partial charge >= 0.3 is 0 Å². The van der Waals surface area contributed by atoms with Crippen LogP contribution in [0.2, 0.25) is 0 Å². The van der Waals surface area contributed by atoms with E-state index in [2.05, 4.69) is 18.0 Å². The summed E-state index contributed by atoms with van der Waals surface area (Å²) >= 11 is 0. The predicted molar refractivity (Wildman–Crippen MR) is 69.9 cm³/mol. The third-order valence-electron chi connectivity index (χ3n) is 3.96. The van der Waals surface area contributed by atoms with Crippen molar-refractivity contribution in [2.24, 2.45) is 5.92 Å². The Bertz CT molecular complexity index is 343. The van der Waals surface area contributed by atoms with Crippen LogP contribution in [0.5, 0.6) is 0 Å². The van der Waals surface area contributed by atoms with Crippen molar-refractivity contribution in [1.82, 2.24) is 4.98 Å². The van der Waals surface area contributed by atoms with Crippen LogP contribution >= 0.6 is 0 Å². The second kappa shape index (κ2) is 6.15. The van der Waals surface area contributed by atoms with Crippen molar-refractivity contribution in [3.63, 3.8) is 0 Å². The van der Waals surface area contributed by atoms with Crippen molar-refractivity contribution in [3.05, 3.63) is 29.6 Å². The van der Waals surface area contributed by atoms with Gasteiger partial charge in [0, 0.05) is 18.3 Å². The van der Waals surface area contributed by atoms with E-state index in [9.17, 15) is 5.11 Å². The van der Waals surface area contributed by atoms with Crippen molar-refractivity contribution in [2.45, 2.75) is 58.0 Å². The Morgan fingerprint density at radius 2 is 2.00 bits per heavy atom. The molecule has 2 nitrogen and oxygen atoms in total. The fourth-order valence-electron chi connectivity index (χ4n) is 2.79. The SMILES string of the molecule is Cc1cccnc1CC(O)C1CCCCCC1. The highest BCUT2D eigenvalue weighted by Gasteiger charge is 2.21. The molecule has 0 bridgehead atoms. The van der Waals surface area contributed by atoms with Gasteiger partial charge in [0.25, 0.3) is 0 Å². The summed E-state index contributed by atoms with van der Waals surface area (Å²) in [5, 5.41) is 10.3. The van der Waals surface area contributed by atoms with Crippen LogP contribution in [0.1, 0.15) is 49.8 Å². The maximum atomic E-state index is 10.3. The third kappa shape index (κ3) is 3.53. The Morgan fingerprint density at radius 3 is 2.65 bits per heavy atom. The van der Waals surface area contributed by atoms with E-state index in [0.29, 0.717) is 5.92 Å². The summed E-state index contributed by atoms with van der Waals surface area (Å²) < 4.78 is 0. The highest BCUT2D eigenvalue weighted by atomic mass is 16.3. The first-order chi connectivity index (χ1) is 8.27. The molecule has 1 aromatic heterocycles. The summed E-state index contributed by atoms with van der Waals surface area (Å²) in [7, 11) is 0. The Kier molecular flexibility index (Phi) is 4.55. The second-order valence-corrected chi connectivity index (χ2v) is 5.29. The molecule has 1 heterocycles. The molecule has 0 aromatic carbocycles. The largest absolute Gasteiger partial charge is 0.392 e. The number of aliphatic hydroxyl groups excluding tert-OH is 1. The van der Waals surface area contributed by atoms with Crippen molar-refractivity contribution >= 4 is 0 Å². The van der Waals surface area contributed by atoms with Gasteiger partial charge < -0.3 is 5.11 Å². The number of hydrogen-bond acceptors (Lipinski definition) is 2. The van der Waals surface area contributed by atoms with Crippen molar-refractivity contribution in [2.75, 3.05) is 0 Å². The summed E-state index contributed by atoms with van der Waals surface area (Å²) in [5.74, 6) is 0.485. The molecule has 1 unspecified atom stereocenters. The lowest BCUT2D eigenvalue weighted by atomic mass is 9.90. The van der Waals surface area contributed by atoms with Gasteiger partial charge in [0.2, 0.25) is 0 Å².